The maximum Gasteiger partial charge on any atom is 0.305 e. The molecule has 0 rings (SSSR count). The van der Waals surface area contributed by atoms with Crippen molar-refractivity contribution in [3.05, 3.63) is 0 Å². The maximum atomic E-state index is 12.1. The third-order valence-corrected chi connectivity index (χ3v) is 3.13. The summed E-state index contributed by atoms with van der Waals surface area (Å²) in [4.78, 5) is 24.3. The number of carboxylic acid groups (broad SMARTS) is 1. The lowest BCUT2D eigenvalue weighted by Crippen LogP contribution is -2.39. The van der Waals surface area contributed by atoms with Crippen molar-refractivity contribution in [3.63, 3.8) is 0 Å². The van der Waals surface area contributed by atoms with Crippen molar-refractivity contribution in [2.75, 3.05) is 6.54 Å². The van der Waals surface area contributed by atoms with Crippen molar-refractivity contribution in [1.82, 2.24) is 4.90 Å². The summed E-state index contributed by atoms with van der Waals surface area (Å²) in [7, 11) is 0. The van der Waals surface area contributed by atoms with E-state index in [1.807, 2.05) is 13.8 Å². The van der Waals surface area contributed by atoms with Crippen molar-refractivity contribution in [1.29, 1.82) is 0 Å². The van der Waals surface area contributed by atoms with E-state index < -0.39 is 5.97 Å². The molecule has 1 amide bonds. The average molecular weight is 243 g/mol. The lowest BCUT2D eigenvalue weighted by molar-refractivity contribution is -0.139. The molecule has 0 fully saturated rings. The highest BCUT2D eigenvalue weighted by Gasteiger charge is 2.20. The van der Waals surface area contributed by atoms with Crippen molar-refractivity contribution >= 4 is 11.9 Å². The standard InChI is InChI=1S/C13H25NO3/c1-5-11(6-2)9-12(15)14(10(3)4)8-7-13(16)17/h10-11H,5-9H2,1-4H3,(H,16,17). The van der Waals surface area contributed by atoms with Gasteiger partial charge in [-0.05, 0) is 19.8 Å². The van der Waals surface area contributed by atoms with Gasteiger partial charge >= 0.3 is 5.97 Å². The number of carbonyl (C=O) groups is 2. The van der Waals surface area contributed by atoms with E-state index in [-0.39, 0.29) is 18.4 Å². The summed E-state index contributed by atoms with van der Waals surface area (Å²) in [5.41, 5.74) is 0. The van der Waals surface area contributed by atoms with Crippen LogP contribution in [-0.4, -0.2) is 34.5 Å². The molecule has 0 saturated carbocycles. The zero-order chi connectivity index (χ0) is 13.4. The Balaban J connectivity index is 4.38. The van der Waals surface area contributed by atoms with Gasteiger partial charge in [0.25, 0.3) is 0 Å². The molecule has 0 bridgehead atoms. The molecule has 1 N–H and O–H groups in total. The first kappa shape index (κ1) is 15.9. The molecule has 0 aromatic heterocycles. The SMILES string of the molecule is CCC(CC)CC(=O)N(CCC(=O)O)C(C)C. The Labute approximate surface area is 104 Å². The van der Waals surface area contributed by atoms with Gasteiger partial charge in [0.1, 0.15) is 0 Å². The van der Waals surface area contributed by atoms with Gasteiger partial charge in [0.15, 0.2) is 0 Å². The maximum absolute atomic E-state index is 12.1. The van der Waals surface area contributed by atoms with Crippen LogP contribution < -0.4 is 0 Å². The molecule has 0 radical (unpaired) electrons. The van der Waals surface area contributed by atoms with Crippen LogP contribution >= 0.6 is 0 Å². The molecular formula is C13H25NO3. The average Bonchev–Trinajstić information content (AvgIpc) is 2.25. The molecule has 0 aliphatic rings. The first-order chi connectivity index (χ1) is 7.92. The van der Waals surface area contributed by atoms with Crippen LogP contribution in [0.5, 0.6) is 0 Å². The number of nitrogens with zero attached hydrogens (tertiary/aromatic N) is 1. The largest absolute Gasteiger partial charge is 0.481 e. The Bertz CT molecular complexity index is 247. The number of carbonyl (C=O) groups excluding carboxylic acids is 1. The molecule has 0 aliphatic carbocycles. The Morgan fingerprint density at radius 2 is 1.71 bits per heavy atom. The molecular weight excluding hydrogens is 218 g/mol. The quantitative estimate of drug-likeness (QED) is 0.712. The molecule has 0 saturated heterocycles. The van der Waals surface area contributed by atoms with Crippen LogP contribution in [0.1, 0.15) is 53.4 Å². The Hall–Kier alpha value is -1.06. The van der Waals surface area contributed by atoms with Crippen molar-refractivity contribution < 1.29 is 14.7 Å². The van der Waals surface area contributed by atoms with Gasteiger partial charge in [0.05, 0.1) is 6.42 Å². The molecule has 17 heavy (non-hydrogen) atoms. The number of amides is 1. The van der Waals surface area contributed by atoms with E-state index in [4.69, 9.17) is 5.11 Å². The van der Waals surface area contributed by atoms with Gasteiger partial charge in [0.2, 0.25) is 5.91 Å². The van der Waals surface area contributed by atoms with Crippen LogP contribution in [0.3, 0.4) is 0 Å². The smallest absolute Gasteiger partial charge is 0.305 e. The van der Waals surface area contributed by atoms with Crippen LogP contribution in [0, 0.1) is 5.92 Å². The van der Waals surface area contributed by atoms with Crippen LogP contribution in [0.25, 0.3) is 0 Å². The fourth-order valence-electron chi connectivity index (χ4n) is 1.83. The second-order valence-electron chi connectivity index (χ2n) is 4.71. The minimum absolute atomic E-state index is 0.0207. The molecule has 4 nitrogen and oxygen atoms in total. The molecule has 0 spiro atoms. The zero-order valence-electron chi connectivity index (χ0n) is 11.4. The highest BCUT2D eigenvalue weighted by molar-refractivity contribution is 5.77. The number of aliphatic carboxylic acids is 1. The second-order valence-corrected chi connectivity index (χ2v) is 4.71. The Morgan fingerprint density at radius 3 is 2.06 bits per heavy atom. The molecule has 0 unspecified atom stereocenters. The van der Waals surface area contributed by atoms with E-state index in [1.165, 1.54) is 0 Å². The van der Waals surface area contributed by atoms with Gasteiger partial charge in [-0.15, -0.1) is 0 Å². The van der Waals surface area contributed by atoms with Gasteiger partial charge in [-0.3, -0.25) is 9.59 Å². The van der Waals surface area contributed by atoms with E-state index in [2.05, 4.69) is 13.8 Å². The van der Waals surface area contributed by atoms with Gasteiger partial charge in [-0.2, -0.15) is 0 Å². The summed E-state index contributed by atoms with van der Waals surface area (Å²) >= 11 is 0. The zero-order valence-corrected chi connectivity index (χ0v) is 11.4. The third kappa shape index (κ3) is 6.29. The van der Waals surface area contributed by atoms with Gasteiger partial charge in [-0.25, -0.2) is 0 Å². The number of hydrogen-bond donors (Lipinski definition) is 1. The topological polar surface area (TPSA) is 57.6 Å². The minimum Gasteiger partial charge on any atom is -0.481 e. The first-order valence-corrected chi connectivity index (χ1v) is 6.43. The van der Waals surface area contributed by atoms with Crippen LogP contribution in [0.2, 0.25) is 0 Å². The molecule has 0 aromatic carbocycles. The van der Waals surface area contributed by atoms with Gasteiger partial charge in [0, 0.05) is 19.0 Å². The molecule has 4 heteroatoms. The fraction of sp³-hybridized carbons (Fsp3) is 0.846. The van der Waals surface area contributed by atoms with E-state index in [1.54, 1.807) is 4.90 Å². The summed E-state index contributed by atoms with van der Waals surface area (Å²) in [6.07, 6.45) is 2.54. The molecule has 0 heterocycles. The third-order valence-electron chi connectivity index (χ3n) is 3.13. The Morgan fingerprint density at radius 1 is 1.18 bits per heavy atom. The fourth-order valence-corrected chi connectivity index (χ4v) is 1.83. The molecule has 100 valence electrons. The monoisotopic (exact) mass is 243 g/mol. The van der Waals surface area contributed by atoms with Gasteiger partial charge in [-0.1, -0.05) is 26.7 Å². The number of hydrogen-bond acceptors (Lipinski definition) is 2. The first-order valence-electron chi connectivity index (χ1n) is 6.43. The number of rotatable bonds is 8. The van der Waals surface area contributed by atoms with Crippen molar-refractivity contribution in [2.24, 2.45) is 5.92 Å². The minimum atomic E-state index is -0.856. The van der Waals surface area contributed by atoms with E-state index >= 15 is 0 Å². The predicted molar refractivity (Wildman–Crippen MR) is 67.8 cm³/mol. The van der Waals surface area contributed by atoms with Crippen LogP contribution in [0.4, 0.5) is 0 Å². The summed E-state index contributed by atoms with van der Waals surface area (Å²) in [5, 5.41) is 8.66. The summed E-state index contributed by atoms with van der Waals surface area (Å²) in [5.74, 6) is -0.366. The van der Waals surface area contributed by atoms with E-state index in [0.717, 1.165) is 12.8 Å². The highest BCUT2D eigenvalue weighted by atomic mass is 16.4. The predicted octanol–water partition coefficient (Wildman–Crippen LogP) is 2.52. The highest BCUT2D eigenvalue weighted by Crippen LogP contribution is 2.15. The van der Waals surface area contributed by atoms with Crippen molar-refractivity contribution in [3.8, 4) is 0 Å². The second kappa shape index (κ2) is 8.09. The van der Waals surface area contributed by atoms with E-state index in [0.29, 0.717) is 18.9 Å². The lowest BCUT2D eigenvalue weighted by atomic mass is 9.98. The van der Waals surface area contributed by atoms with Crippen LogP contribution in [-0.2, 0) is 9.59 Å². The molecule has 0 aromatic rings. The Kier molecular flexibility index (Phi) is 7.59. The number of carboxylic acids is 1. The molecule has 0 aliphatic heterocycles. The molecule has 0 atom stereocenters. The van der Waals surface area contributed by atoms with Crippen LogP contribution in [0.15, 0.2) is 0 Å². The van der Waals surface area contributed by atoms with Gasteiger partial charge < -0.3 is 10.0 Å². The summed E-state index contributed by atoms with van der Waals surface area (Å²) < 4.78 is 0. The normalized spacial score (nSPS) is 10.9. The summed E-state index contributed by atoms with van der Waals surface area (Å²) in [6, 6.07) is 0.0659. The lowest BCUT2D eigenvalue weighted by Gasteiger charge is -2.27. The van der Waals surface area contributed by atoms with Crippen molar-refractivity contribution in [2.45, 2.75) is 59.4 Å². The summed E-state index contributed by atoms with van der Waals surface area (Å²) in [6.45, 7) is 8.32. The van der Waals surface area contributed by atoms with E-state index in [9.17, 15) is 9.59 Å².